The van der Waals surface area contributed by atoms with Crippen LogP contribution in [0.25, 0.3) is 0 Å². The van der Waals surface area contributed by atoms with E-state index in [1.165, 1.54) is 0 Å². The van der Waals surface area contributed by atoms with Gasteiger partial charge >= 0.3 is 5.97 Å². The van der Waals surface area contributed by atoms with Crippen molar-refractivity contribution in [1.29, 1.82) is 0 Å². The molecule has 1 N–H and O–H groups in total. The number of nitrogens with one attached hydrogen (secondary N) is 1. The van der Waals surface area contributed by atoms with Crippen molar-refractivity contribution in [3.63, 3.8) is 0 Å². The smallest absolute Gasteiger partial charge is 0.321 e. The van der Waals surface area contributed by atoms with E-state index >= 15 is 0 Å². The van der Waals surface area contributed by atoms with E-state index < -0.39 is 5.41 Å². The van der Waals surface area contributed by atoms with Gasteiger partial charge in [-0.1, -0.05) is 91.0 Å². The second-order valence-corrected chi connectivity index (χ2v) is 10.3. The highest BCUT2D eigenvalue weighted by Gasteiger charge is 2.44. The zero-order valence-electron chi connectivity index (χ0n) is 24.0. The zero-order valence-corrected chi connectivity index (χ0v) is 24.0. The first-order chi connectivity index (χ1) is 20.7. The van der Waals surface area contributed by atoms with E-state index in [0.29, 0.717) is 57.1 Å². The number of allylic oxidation sites excluding steroid dienone is 1. The van der Waals surface area contributed by atoms with Gasteiger partial charge in [0.25, 0.3) is 0 Å². The third-order valence-corrected chi connectivity index (χ3v) is 7.56. The highest BCUT2D eigenvalue weighted by Crippen LogP contribution is 2.44. The fourth-order valence-electron chi connectivity index (χ4n) is 5.24. The average Bonchev–Trinajstić information content (AvgIpc) is 3.05. The van der Waals surface area contributed by atoms with Crippen molar-refractivity contribution in [2.24, 2.45) is 0 Å². The van der Waals surface area contributed by atoms with Crippen LogP contribution in [0.4, 0.5) is 0 Å². The summed E-state index contributed by atoms with van der Waals surface area (Å²) in [5, 5.41) is 0. The zero-order chi connectivity index (χ0) is 29.0. The normalized spacial score (nSPS) is 16.4. The number of carbonyl (C=O) groups is 1. The van der Waals surface area contributed by atoms with Gasteiger partial charge in [0.1, 0.15) is 18.1 Å². The van der Waals surface area contributed by atoms with Crippen molar-refractivity contribution in [3.05, 3.63) is 143 Å². The summed E-state index contributed by atoms with van der Waals surface area (Å²) < 4.78 is 17.9. The predicted octanol–water partition coefficient (Wildman–Crippen LogP) is 7.65. The lowest BCUT2D eigenvalue weighted by molar-refractivity contribution is -0.142. The van der Waals surface area contributed by atoms with Crippen molar-refractivity contribution in [1.82, 2.24) is 5.48 Å². The molecule has 1 aliphatic rings. The lowest BCUT2D eigenvalue weighted by Crippen LogP contribution is -2.41. The van der Waals surface area contributed by atoms with Crippen LogP contribution >= 0.6 is 0 Å². The number of carbonyl (C=O) groups excluding carboxylic acids is 1. The topological polar surface area (TPSA) is 66.0 Å². The van der Waals surface area contributed by atoms with Gasteiger partial charge in [-0.3, -0.25) is 9.63 Å². The van der Waals surface area contributed by atoms with Crippen LogP contribution in [0.3, 0.4) is 0 Å². The molecule has 0 saturated heterocycles. The Kier molecular flexibility index (Phi) is 9.91. The summed E-state index contributed by atoms with van der Waals surface area (Å²) in [6.45, 7) is 3.34. The Morgan fingerprint density at radius 1 is 0.714 bits per heavy atom. The summed E-state index contributed by atoms with van der Waals surface area (Å²) in [4.78, 5) is 19.8. The second kappa shape index (κ2) is 14.4. The highest BCUT2D eigenvalue weighted by atomic mass is 16.7. The van der Waals surface area contributed by atoms with Gasteiger partial charge in [-0.15, -0.1) is 0 Å². The molecule has 0 heterocycles. The van der Waals surface area contributed by atoms with E-state index in [-0.39, 0.29) is 5.97 Å². The van der Waals surface area contributed by atoms with Gasteiger partial charge in [-0.05, 0) is 79.1 Å². The summed E-state index contributed by atoms with van der Waals surface area (Å²) >= 11 is 0. The first-order valence-corrected chi connectivity index (χ1v) is 14.5. The first-order valence-electron chi connectivity index (χ1n) is 14.5. The molecule has 42 heavy (non-hydrogen) atoms. The minimum absolute atomic E-state index is 0.253. The van der Waals surface area contributed by atoms with E-state index in [1.54, 1.807) is 0 Å². The van der Waals surface area contributed by atoms with Crippen molar-refractivity contribution >= 4 is 5.97 Å². The maximum atomic E-state index is 13.9. The van der Waals surface area contributed by atoms with Crippen LogP contribution in [0.2, 0.25) is 0 Å². The van der Waals surface area contributed by atoms with Crippen LogP contribution in [-0.4, -0.2) is 12.6 Å². The predicted molar refractivity (Wildman–Crippen MR) is 162 cm³/mol. The minimum atomic E-state index is -0.806. The van der Waals surface area contributed by atoms with E-state index in [2.05, 4.69) is 5.48 Å². The Morgan fingerprint density at radius 2 is 1.29 bits per heavy atom. The fourth-order valence-corrected chi connectivity index (χ4v) is 5.24. The largest absolute Gasteiger partial charge is 0.494 e. The third kappa shape index (κ3) is 7.39. The molecule has 0 amide bonds. The fraction of sp³-hybridized carbons (Fsp3) is 0.250. The summed E-state index contributed by atoms with van der Waals surface area (Å²) in [6.07, 6.45) is 2.42. The van der Waals surface area contributed by atoms with Crippen LogP contribution in [0.5, 0.6) is 11.5 Å². The quantitative estimate of drug-likeness (QED) is 0.0827. The van der Waals surface area contributed by atoms with Gasteiger partial charge in [0.2, 0.25) is 5.88 Å². The van der Waals surface area contributed by atoms with Crippen molar-refractivity contribution in [2.75, 3.05) is 6.61 Å². The van der Waals surface area contributed by atoms with Crippen LogP contribution in [0.15, 0.2) is 127 Å². The molecule has 0 bridgehead atoms. The van der Waals surface area contributed by atoms with Gasteiger partial charge < -0.3 is 14.2 Å². The molecule has 1 aliphatic carbocycles. The number of para-hydroxylation sites is 1. The van der Waals surface area contributed by atoms with Crippen LogP contribution in [0, 0.1) is 0 Å². The van der Waals surface area contributed by atoms with Crippen LogP contribution in [0.1, 0.15) is 49.3 Å². The summed E-state index contributed by atoms with van der Waals surface area (Å²) in [6, 6.07) is 37.1. The number of hydrogen-bond acceptors (Lipinski definition) is 6. The maximum absolute atomic E-state index is 13.9. The van der Waals surface area contributed by atoms with Gasteiger partial charge in [-0.2, -0.15) is 0 Å². The van der Waals surface area contributed by atoms with Gasteiger partial charge in [0.15, 0.2) is 0 Å². The van der Waals surface area contributed by atoms with E-state index in [9.17, 15) is 4.79 Å². The molecule has 0 radical (unpaired) electrons. The lowest BCUT2D eigenvalue weighted by Gasteiger charge is -2.37. The molecule has 6 nitrogen and oxygen atoms in total. The van der Waals surface area contributed by atoms with Crippen molar-refractivity contribution in [3.8, 4) is 11.5 Å². The maximum Gasteiger partial charge on any atom is 0.321 e. The highest BCUT2D eigenvalue weighted by molar-refractivity contribution is 5.85. The Morgan fingerprint density at radius 3 is 1.88 bits per heavy atom. The van der Waals surface area contributed by atoms with E-state index in [4.69, 9.17) is 19.0 Å². The summed E-state index contributed by atoms with van der Waals surface area (Å²) in [5.74, 6) is 1.67. The first kappa shape index (κ1) is 29.0. The Bertz CT molecular complexity index is 1430. The van der Waals surface area contributed by atoms with Crippen molar-refractivity contribution < 1.29 is 23.8 Å². The molecular formula is C36H37NO5. The summed E-state index contributed by atoms with van der Waals surface area (Å²) in [5.41, 5.74) is 6.40. The molecule has 4 aromatic carbocycles. The molecule has 5 rings (SSSR count). The molecule has 4 aromatic rings. The Balaban J connectivity index is 1.38. The molecule has 0 aliphatic heterocycles. The number of hydroxylamine groups is 1. The Labute approximate surface area is 247 Å². The van der Waals surface area contributed by atoms with Crippen LogP contribution in [-0.2, 0) is 33.0 Å². The van der Waals surface area contributed by atoms with Gasteiger partial charge in [0, 0.05) is 0 Å². The second-order valence-electron chi connectivity index (χ2n) is 10.3. The minimum Gasteiger partial charge on any atom is -0.494 e. The molecule has 0 aromatic heterocycles. The third-order valence-electron chi connectivity index (χ3n) is 7.56. The number of rotatable bonds is 12. The van der Waals surface area contributed by atoms with Crippen LogP contribution < -0.4 is 15.0 Å². The molecule has 0 unspecified atom stereocenters. The standard InChI is InChI=1S/C36H37NO5/c1-2-39-32-20-18-31(19-21-32)36(35(38)42-33-16-10-5-11-17-33)24-22-30(23-25-36)34(40-26-28-12-6-3-7-13-28)37-41-27-29-14-8-4-9-15-29/h3-21,37H,2,22-27H2,1H3. The molecule has 6 heteroatoms. The number of hydrogen-bond donors (Lipinski definition) is 1. The molecule has 1 fully saturated rings. The van der Waals surface area contributed by atoms with Crippen molar-refractivity contribution in [2.45, 2.75) is 51.2 Å². The lowest BCUT2D eigenvalue weighted by atomic mass is 9.68. The molecule has 0 atom stereocenters. The number of esters is 1. The SMILES string of the molecule is CCOc1ccc(C2(C(=O)Oc3ccccc3)CCC(=C(NOCc3ccccc3)OCc3ccccc3)CC2)cc1. The van der Waals surface area contributed by atoms with E-state index in [0.717, 1.165) is 28.0 Å². The molecule has 216 valence electrons. The number of benzene rings is 4. The molecule has 0 spiro atoms. The van der Waals surface area contributed by atoms with E-state index in [1.807, 2.05) is 122 Å². The van der Waals surface area contributed by atoms with Gasteiger partial charge in [-0.25, -0.2) is 5.48 Å². The Hall–Kier alpha value is -4.55. The molecular weight excluding hydrogens is 526 g/mol. The van der Waals surface area contributed by atoms with Gasteiger partial charge in [0.05, 0.1) is 18.6 Å². The number of ether oxygens (including phenoxy) is 3. The average molecular weight is 564 g/mol. The summed E-state index contributed by atoms with van der Waals surface area (Å²) in [7, 11) is 0. The molecule has 1 saturated carbocycles. The monoisotopic (exact) mass is 563 g/mol.